The Labute approximate surface area is 242 Å². The molecule has 0 spiro atoms. The Balaban J connectivity index is 1.38. The zero-order valence-electron chi connectivity index (χ0n) is 23.8. The van der Waals surface area contributed by atoms with Gasteiger partial charge < -0.3 is 19.5 Å². The minimum atomic E-state index is -4.79. The Morgan fingerprint density at radius 2 is 1.95 bits per heavy atom. The second kappa shape index (κ2) is 12.1. The maximum atomic E-state index is 13.0. The summed E-state index contributed by atoms with van der Waals surface area (Å²) in [5, 5.41) is 6.84. The Bertz CT molecular complexity index is 1450. The fourth-order valence-electron chi connectivity index (χ4n) is 5.63. The summed E-state index contributed by atoms with van der Waals surface area (Å²) in [4.78, 5) is 33.9. The molecule has 5 rings (SSSR count). The van der Waals surface area contributed by atoms with Gasteiger partial charge in [-0.3, -0.25) is 14.5 Å². The van der Waals surface area contributed by atoms with Crippen molar-refractivity contribution in [2.45, 2.75) is 59.0 Å². The molecule has 2 aromatic carbocycles. The summed E-state index contributed by atoms with van der Waals surface area (Å²) in [5.74, 6) is 0.331. The maximum Gasteiger partial charge on any atom is 0.573 e. The summed E-state index contributed by atoms with van der Waals surface area (Å²) in [7, 11) is 0. The molecular weight excluding hydrogens is 551 g/mol. The minimum Gasteiger partial charge on any atom is -0.406 e. The first-order valence-electron chi connectivity index (χ1n) is 14.1. The number of hydrogen-bond donors (Lipinski definition) is 1. The van der Waals surface area contributed by atoms with Gasteiger partial charge in [-0.05, 0) is 73.6 Å². The highest BCUT2D eigenvalue weighted by atomic mass is 19.4. The molecule has 1 fully saturated rings. The lowest BCUT2D eigenvalue weighted by molar-refractivity contribution is -0.274. The number of nitrogens with zero attached hydrogens (tertiary/aromatic N) is 4. The van der Waals surface area contributed by atoms with Gasteiger partial charge in [0.05, 0.1) is 18.4 Å². The quantitative estimate of drug-likeness (QED) is 0.372. The van der Waals surface area contributed by atoms with Gasteiger partial charge in [-0.2, -0.15) is 4.98 Å². The van der Waals surface area contributed by atoms with Crippen molar-refractivity contribution in [3.8, 4) is 16.9 Å². The van der Waals surface area contributed by atoms with Gasteiger partial charge in [0.2, 0.25) is 17.7 Å². The molecule has 1 aliphatic heterocycles. The first-order valence-corrected chi connectivity index (χ1v) is 14.1. The van der Waals surface area contributed by atoms with Gasteiger partial charge in [0.1, 0.15) is 5.75 Å². The lowest BCUT2D eigenvalue weighted by Crippen LogP contribution is -2.42. The van der Waals surface area contributed by atoms with Crippen LogP contribution in [0, 0.1) is 12.8 Å². The number of likely N-dealkylation sites (N-methyl/N-ethyl adjacent to an activating group) is 1. The molecule has 2 atom stereocenters. The van der Waals surface area contributed by atoms with Crippen molar-refractivity contribution in [3.05, 3.63) is 64.8 Å². The van der Waals surface area contributed by atoms with Crippen molar-refractivity contribution in [2.24, 2.45) is 5.92 Å². The predicted octanol–water partition coefficient (Wildman–Crippen LogP) is 4.59. The van der Waals surface area contributed by atoms with Gasteiger partial charge in [-0.15, -0.1) is 13.2 Å². The van der Waals surface area contributed by atoms with Gasteiger partial charge in [-0.1, -0.05) is 29.4 Å². The monoisotopic (exact) mass is 585 g/mol. The lowest BCUT2D eigenvalue weighted by Gasteiger charge is -2.33. The predicted molar refractivity (Wildman–Crippen MR) is 147 cm³/mol. The highest BCUT2D eigenvalue weighted by Crippen LogP contribution is 2.47. The molecule has 9 nitrogen and oxygen atoms in total. The van der Waals surface area contributed by atoms with Crippen molar-refractivity contribution < 1.29 is 32.0 Å². The molecule has 3 aromatic rings. The van der Waals surface area contributed by atoms with Gasteiger partial charge in [-0.25, -0.2) is 0 Å². The Kier molecular flexibility index (Phi) is 8.53. The van der Waals surface area contributed by atoms with E-state index >= 15 is 0 Å². The minimum absolute atomic E-state index is 0.0440. The normalized spacial score (nSPS) is 18.3. The van der Waals surface area contributed by atoms with E-state index in [1.165, 1.54) is 18.2 Å². The highest BCUT2D eigenvalue weighted by Gasteiger charge is 2.47. The molecular formula is C30H34F3N5O4. The Hall–Kier alpha value is -3.93. The third kappa shape index (κ3) is 6.75. The van der Waals surface area contributed by atoms with Gasteiger partial charge >= 0.3 is 6.36 Å². The number of alkyl halides is 3. The molecule has 1 N–H and O–H groups in total. The fourth-order valence-corrected chi connectivity index (χ4v) is 5.63. The van der Waals surface area contributed by atoms with Crippen molar-refractivity contribution in [2.75, 3.05) is 26.2 Å². The van der Waals surface area contributed by atoms with Crippen LogP contribution >= 0.6 is 0 Å². The second-order valence-corrected chi connectivity index (χ2v) is 10.7. The van der Waals surface area contributed by atoms with E-state index < -0.39 is 6.36 Å². The molecule has 42 heavy (non-hydrogen) atoms. The number of fused-ring (bicyclic) bond motifs is 1. The molecule has 224 valence electrons. The van der Waals surface area contributed by atoms with E-state index in [1.54, 1.807) is 17.9 Å². The van der Waals surface area contributed by atoms with Crippen molar-refractivity contribution in [1.29, 1.82) is 0 Å². The number of halogens is 3. The van der Waals surface area contributed by atoms with Crippen LogP contribution < -0.4 is 10.1 Å². The van der Waals surface area contributed by atoms with Crippen LogP contribution in [0.2, 0.25) is 0 Å². The SMILES string of the molecule is CCN(CC)C(=O)CN1CCc2c(-c3cccc(OC(F)(F)F)c3)ccc(CNC(=O)C3CC3c3nc(C)no3)c2C1. The van der Waals surface area contributed by atoms with Crippen molar-refractivity contribution in [3.63, 3.8) is 0 Å². The van der Waals surface area contributed by atoms with Crippen molar-refractivity contribution >= 4 is 11.8 Å². The summed E-state index contributed by atoms with van der Waals surface area (Å²) in [5.41, 5.74) is 4.26. The largest absolute Gasteiger partial charge is 0.573 e. The lowest BCUT2D eigenvalue weighted by atomic mass is 9.87. The summed E-state index contributed by atoms with van der Waals surface area (Å²) < 4.78 is 48.0. The number of ether oxygens (including phenoxy) is 1. The zero-order valence-corrected chi connectivity index (χ0v) is 23.8. The van der Waals surface area contributed by atoms with Crippen LogP contribution in [0.25, 0.3) is 11.1 Å². The summed E-state index contributed by atoms with van der Waals surface area (Å²) in [6, 6.07) is 9.72. The zero-order chi connectivity index (χ0) is 30.0. The number of benzene rings is 2. The van der Waals surface area contributed by atoms with Crippen LogP contribution in [-0.2, 0) is 29.1 Å². The van der Waals surface area contributed by atoms with Crippen LogP contribution in [-0.4, -0.2) is 64.3 Å². The van der Waals surface area contributed by atoms with Gasteiger partial charge in [0, 0.05) is 32.7 Å². The Morgan fingerprint density at radius 1 is 1.17 bits per heavy atom. The summed E-state index contributed by atoms with van der Waals surface area (Å²) in [6.07, 6.45) is -3.55. The van der Waals surface area contributed by atoms with E-state index in [0.29, 0.717) is 56.3 Å². The second-order valence-electron chi connectivity index (χ2n) is 10.7. The summed E-state index contributed by atoms with van der Waals surface area (Å²) in [6.45, 7) is 8.52. The highest BCUT2D eigenvalue weighted by molar-refractivity contribution is 5.82. The molecule has 0 saturated heterocycles. The number of aromatic nitrogens is 2. The number of nitrogens with one attached hydrogen (secondary N) is 1. The molecule has 0 bridgehead atoms. The molecule has 1 aromatic heterocycles. The van der Waals surface area contributed by atoms with E-state index in [0.717, 1.165) is 22.3 Å². The number of carbonyl (C=O) groups excluding carboxylic acids is 2. The fraction of sp³-hybridized carbons (Fsp3) is 0.467. The number of carbonyl (C=O) groups is 2. The molecule has 0 radical (unpaired) electrons. The molecule has 2 unspecified atom stereocenters. The number of rotatable bonds is 10. The van der Waals surface area contributed by atoms with E-state index in [1.807, 2.05) is 26.0 Å². The average Bonchev–Trinajstić information content (AvgIpc) is 3.64. The third-order valence-electron chi connectivity index (χ3n) is 7.88. The maximum absolute atomic E-state index is 13.0. The van der Waals surface area contributed by atoms with Crippen LogP contribution in [0.5, 0.6) is 5.75 Å². The van der Waals surface area contributed by atoms with Crippen LogP contribution in [0.3, 0.4) is 0 Å². The van der Waals surface area contributed by atoms with E-state index in [-0.39, 0.29) is 42.5 Å². The van der Waals surface area contributed by atoms with Crippen LogP contribution in [0.15, 0.2) is 40.9 Å². The smallest absolute Gasteiger partial charge is 0.406 e. The van der Waals surface area contributed by atoms with Crippen LogP contribution in [0.4, 0.5) is 13.2 Å². The van der Waals surface area contributed by atoms with E-state index in [2.05, 4.69) is 25.1 Å². The topological polar surface area (TPSA) is 101 Å². The molecule has 12 heteroatoms. The molecule has 1 aliphatic carbocycles. The third-order valence-corrected chi connectivity index (χ3v) is 7.88. The molecule has 2 amide bonds. The molecule has 1 saturated carbocycles. The Morgan fingerprint density at radius 3 is 2.64 bits per heavy atom. The van der Waals surface area contributed by atoms with E-state index in [9.17, 15) is 22.8 Å². The number of hydrogen-bond acceptors (Lipinski definition) is 7. The number of aryl methyl sites for hydroxylation is 1. The van der Waals surface area contributed by atoms with Gasteiger partial charge in [0.25, 0.3) is 0 Å². The first-order chi connectivity index (χ1) is 20.1. The average molecular weight is 586 g/mol. The van der Waals surface area contributed by atoms with Crippen molar-refractivity contribution in [1.82, 2.24) is 25.3 Å². The number of amides is 2. The first kappa shape index (κ1) is 29.6. The summed E-state index contributed by atoms with van der Waals surface area (Å²) >= 11 is 0. The standard InChI is InChI=1S/C30H34F3N5O4/c1-4-38(5-2)27(39)17-37-12-11-23-22(19-7-6-8-21(13-19)41-30(31,32)33)10-9-20(26(23)16-37)15-34-28(40)24-14-25(24)29-35-18(3)36-42-29/h6-10,13,24-25H,4-5,11-12,14-17H2,1-3H3,(H,34,40). The van der Waals surface area contributed by atoms with Gasteiger partial charge in [0.15, 0.2) is 5.82 Å². The molecule has 2 heterocycles. The van der Waals surface area contributed by atoms with Crippen LogP contribution in [0.1, 0.15) is 54.6 Å². The molecule has 2 aliphatic rings. The van der Waals surface area contributed by atoms with E-state index in [4.69, 9.17) is 4.52 Å².